The lowest BCUT2D eigenvalue weighted by atomic mass is 9.75. The van der Waals surface area contributed by atoms with E-state index in [9.17, 15) is 9.59 Å². The van der Waals surface area contributed by atoms with Crippen LogP contribution in [0.1, 0.15) is 39.0 Å². The van der Waals surface area contributed by atoms with E-state index in [0.717, 1.165) is 24.9 Å². The van der Waals surface area contributed by atoms with Gasteiger partial charge in [-0.05, 0) is 32.1 Å². The number of rotatable bonds is 2. The van der Waals surface area contributed by atoms with Gasteiger partial charge in [-0.2, -0.15) is 0 Å². The zero-order valence-electron chi connectivity index (χ0n) is 12.0. The van der Waals surface area contributed by atoms with E-state index in [1.165, 1.54) is 44.1 Å². The van der Waals surface area contributed by atoms with Crippen molar-refractivity contribution < 1.29 is 14.5 Å². The van der Waals surface area contributed by atoms with E-state index in [0.29, 0.717) is 0 Å². The quantitative estimate of drug-likeness (QED) is 0.656. The van der Waals surface area contributed by atoms with Crippen LogP contribution < -0.4 is 15.5 Å². The number of imide groups is 1. The van der Waals surface area contributed by atoms with Gasteiger partial charge in [-0.3, -0.25) is 10.1 Å². The van der Waals surface area contributed by atoms with Gasteiger partial charge >= 0.3 is 6.03 Å². The summed E-state index contributed by atoms with van der Waals surface area (Å²) in [7, 11) is 1.52. The molecule has 1 aliphatic heterocycles. The van der Waals surface area contributed by atoms with E-state index >= 15 is 0 Å². The average molecular weight is 268 g/mol. The van der Waals surface area contributed by atoms with Crippen LogP contribution in [0.4, 0.5) is 4.79 Å². The molecule has 0 aromatic heterocycles. The Kier molecular flexibility index (Phi) is 4.80. The van der Waals surface area contributed by atoms with E-state index in [1.807, 2.05) is 6.92 Å². The Morgan fingerprint density at radius 2 is 1.84 bits per heavy atom. The topological polar surface area (TPSA) is 62.6 Å². The molecule has 0 spiro atoms. The van der Waals surface area contributed by atoms with Crippen LogP contribution >= 0.6 is 0 Å². The fraction of sp³-hybridized carbons (Fsp3) is 0.857. The molecule has 19 heavy (non-hydrogen) atoms. The maximum absolute atomic E-state index is 12.0. The summed E-state index contributed by atoms with van der Waals surface area (Å²) in [5.41, 5.74) is 0. The molecule has 0 aromatic carbocycles. The Balaban J connectivity index is 1.87. The highest BCUT2D eigenvalue weighted by Gasteiger charge is 2.37. The Hall–Kier alpha value is -1.10. The van der Waals surface area contributed by atoms with Crippen molar-refractivity contribution in [2.75, 3.05) is 20.1 Å². The second kappa shape index (κ2) is 6.37. The summed E-state index contributed by atoms with van der Waals surface area (Å²) < 4.78 is 0. The van der Waals surface area contributed by atoms with Crippen molar-refractivity contribution in [1.82, 2.24) is 10.6 Å². The van der Waals surface area contributed by atoms with E-state index in [4.69, 9.17) is 0 Å². The lowest BCUT2D eigenvalue weighted by molar-refractivity contribution is -0.924. The van der Waals surface area contributed by atoms with Crippen molar-refractivity contribution in [2.45, 2.75) is 45.1 Å². The number of hydrogen-bond acceptors (Lipinski definition) is 2. The number of quaternary nitrogens is 1. The molecule has 0 aromatic rings. The summed E-state index contributed by atoms with van der Waals surface area (Å²) in [6, 6.07) is -0.552. The molecule has 1 saturated heterocycles. The fourth-order valence-corrected chi connectivity index (χ4v) is 3.60. The number of piperidine rings is 1. The number of hydrogen-bond donors (Lipinski definition) is 3. The maximum Gasteiger partial charge on any atom is 0.321 e. The molecule has 2 fully saturated rings. The Bertz CT molecular complexity index is 346. The molecule has 4 atom stereocenters. The minimum atomic E-state index is -0.413. The summed E-state index contributed by atoms with van der Waals surface area (Å²) in [6.07, 6.45) is 6.64. The van der Waals surface area contributed by atoms with Gasteiger partial charge in [0.25, 0.3) is 5.91 Å². The third-order valence-corrected chi connectivity index (χ3v) is 4.90. The summed E-state index contributed by atoms with van der Waals surface area (Å²) in [6.45, 7) is 4.08. The third kappa shape index (κ3) is 3.47. The molecular formula is C14H26N3O2+. The predicted octanol–water partition coefficient (Wildman–Crippen LogP) is -0.0745. The number of fused-ring (bicyclic) bond motifs is 1. The molecular weight excluding hydrogens is 242 g/mol. The van der Waals surface area contributed by atoms with Crippen molar-refractivity contribution in [3.05, 3.63) is 0 Å². The number of amides is 3. The molecule has 1 aliphatic carbocycles. The van der Waals surface area contributed by atoms with Crippen LogP contribution in [0.25, 0.3) is 0 Å². The molecule has 1 unspecified atom stereocenters. The molecule has 0 radical (unpaired) electrons. The number of urea groups is 1. The zero-order valence-corrected chi connectivity index (χ0v) is 12.0. The van der Waals surface area contributed by atoms with Crippen LogP contribution in [0.15, 0.2) is 0 Å². The van der Waals surface area contributed by atoms with Crippen LogP contribution in [0.3, 0.4) is 0 Å². The Morgan fingerprint density at radius 3 is 2.53 bits per heavy atom. The molecule has 2 aliphatic rings. The second-order valence-corrected chi connectivity index (χ2v) is 6.00. The first-order valence-electron chi connectivity index (χ1n) is 7.49. The van der Waals surface area contributed by atoms with Gasteiger partial charge in [0.05, 0.1) is 13.1 Å². The van der Waals surface area contributed by atoms with Gasteiger partial charge in [-0.1, -0.05) is 12.8 Å². The normalized spacial score (nSPS) is 32.0. The van der Waals surface area contributed by atoms with Gasteiger partial charge in [0.15, 0.2) is 6.04 Å². The largest absolute Gasteiger partial charge is 0.341 e. The van der Waals surface area contributed by atoms with Gasteiger partial charge < -0.3 is 10.2 Å². The predicted molar refractivity (Wildman–Crippen MR) is 72.8 cm³/mol. The molecule has 5 heteroatoms. The second-order valence-electron chi connectivity index (χ2n) is 6.00. The minimum Gasteiger partial charge on any atom is -0.341 e. The van der Waals surface area contributed by atoms with E-state index in [-0.39, 0.29) is 11.9 Å². The van der Waals surface area contributed by atoms with Crippen molar-refractivity contribution in [3.8, 4) is 0 Å². The molecule has 3 amide bonds. The summed E-state index contributed by atoms with van der Waals surface area (Å²) in [5.74, 6) is 1.50. The minimum absolute atomic E-state index is 0.139. The van der Waals surface area contributed by atoms with Gasteiger partial charge in [-0.25, -0.2) is 4.79 Å². The monoisotopic (exact) mass is 268 g/mol. The van der Waals surface area contributed by atoms with Crippen LogP contribution in [-0.2, 0) is 4.79 Å². The number of carbonyl (C=O) groups is 2. The van der Waals surface area contributed by atoms with Crippen molar-refractivity contribution in [3.63, 3.8) is 0 Å². The van der Waals surface area contributed by atoms with Crippen LogP contribution in [0, 0.1) is 11.8 Å². The van der Waals surface area contributed by atoms with Crippen molar-refractivity contribution in [2.24, 2.45) is 11.8 Å². The Labute approximate surface area is 115 Å². The molecule has 1 heterocycles. The third-order valence-electron chi connectivity index (χ3n) is 4.90. The van der Waals surface area contributed by atoms with Crippen LogP contribution in [0.2, 0.25) is 0 Å². The van der Waals surface area contributed by atoms with Gasteiger partial charge in [-0.15, -0.1) is 0 Å². The Morgan fingerprint density at radius 1 is 1.16 bits per heavy atom. The first kappa shape index (κ1) is 14.3. The highest BCUT2D eigenvalue weighted by molar-refractivity contribution is 5.96. The summed E-state index contributed by atoms with van der Waals surface area (Å²) >= 11 is 0. The van der Waals surface area contributed by atoms with Crippen LogP contribution in [-0.4, -0.2) is 38.1 Å². The smallest absolute Gasteiger partial charge is 0.321 e. The fourth-order valence-electron chi connectivity index (χ4n) is 3.60. The molecule has 0 bridgehead atoms. The first-order chi connectivity index (χ1) is 9.11. The molecule has 3 N–H and O–H groups in total. The average Bonchev–Trinajstić information content (AvgIpc) is 2.45. The van der Waals surface area contributed by atoms with Crippen molar-refractivity contribution >= 4 is 11.9 Å². The van der Waals surface area contributed by atoms with Gasteiger partial charge in [0.1, 0.15) is 0 Å². The van der Waals surface area contributed by atoms with E-state index in [1.54, 1.807) is 0 Å². The highest BCUT2D eigenvalue weighted by atomic mass is 16.2. The van der Waals surface area contributed by atoms with Crippen molar-refractivity contribution in [1.29, 1.82) is 0 Å². The summed E-state index contributed by atoms with van der Waals surface area (Å²) in [5, 5.41) is 4.81. The van der Waals surface area contributed by atoms with Crippen LogP contribution in [0.5, 0.6) is 0 Å². The lowest BCUT2D eigenvalue weighted by Crippen LogP contribution is -3.18. The number of likely N-dealkylation sites (tertiary alicyclic amines) is 1. The van der Waals surface area contributed by atoms with Gasteiger partial charge in [0.2, 0.25) is 0 Å². The standard InChI is InChI=1S/C14H25N3O2/c1-10(13(18)16-14(19)15-2)17-8-7-11-5-3-4-6-12(11)9-17/h10-12H,3-9H2,1-2H3,(H2,15,16,18,19)/p+1/t10-,11-,12+/m0/s1. The highest BCUT2D eigenvalue weighted by Crippen LogP contribution is 2.32. The SMILES string of the molecule is CNC(=O)NC(=O)[C@H](C)[NH+]1CC[C@@H]2CCCC[C@@H]2C1. The van der Waals surface area contributed by atoms with Gasteiger partial charge in [0, 0.05) is 13.0 Å². The lowest BCUT2D eigenvalue weighted by Gasteiger charge is -2.40. The number of carbonyl (C=O) groups excluding carboxylic acids is 2. The first-order valence-corrected chi connectivity index (χ1v) is 7.49. The molecule has 1 saturated carbocycles. The summed E-state index contributed by atoms with van der Waals surface area (Å²) in [4.78, 5) is 24.5. The zero-order chi connectivity index (χ0) is 13.8. The molecule has 2 rings (SSSR count). The number of nitrogens with one attached hydrogen (secondary N) is 3. The van der Waals surface area contributed by atoms with E-state index in [2.05, 4.69) is 10.6 Å². The van der Waals surface area contributed by atoms with E-state index < -0.39 is 6.03 Å². The maximum atomic E-state index is 12.0. The molecule has 108 valence electrons. The molecule has 5 nitrogen and oxygen atoms in total.